The molecule has 0 unspecified atom stereocenters. The molecule has 1 fully saturated rings. The molecule has 0 spiro atoms. The van der Waals surface area contributed by atoms with Gasteiger partial charge in [-0.15, -0.1) is 35.3 Å². The molecular formula is C19H27IN4O3S2. The van der Waals surface area contributed by atoms with Crippen LogP contribution in [0.5, 0.6) is 0 Å². The minimum atomic E-state index is -3.36. The highest BCUT2D eigenvalue weighted by molar-refractivity contribution is 14.0. The first-order valence-electron chi connectivity index (χ1n) is 9.18. The average molecular weight is 550 g/mol. The first kappa shape index (κ1) is 24.1. The van der Waals surface area contributed by atoms with Gasteiger partial charge in [-0.25, -0.2) is 8.42 Å². The van der Waals surface area contributed by atoms with Crippen molar-refractivity contribution in [1.29, 1.82) is 0 Å². The number of sulfonamides is 1. The minimum Gasteiger partial charge on any atom is -0.379 e. The lowest BCUT2D eigenvalue weighted by atomic mass is 10.1. The molecule has 0 radical (unpaired) electrons. The van der Waals surface area contributed by atoms with Crippen LogP contribution in [0, 0.1) is 0 Å². The topological polar surface area (TPSA) is 83.0 Å². The van der Waals surface area contributed by atoms with Crippen LogP contribution in [-0.4, -0.2) is 52.0 Å². The first-order valence-corrected chi connectivity index (χ1v) is 11.7. The van der Waals surface area contributed by atoms with E-state index < -0.39 is 10.0 Å². The van der Waals surface area contributed by atoms with Crippen molar-refractivity contribution < 1.29 is 13.2 Å². The molecule has 0 bridgehead atoms. The Balaban J connectivity index is 0.00000300. The number of rotatable bonds is 7. The van der Waals surface area contributed by atoms with Crippen molar-refractivity contribution in [2.24, 2.45) is 4.99 Å². The van der Waals surface area contributed by atoms with Crippen molar-refractivity contribution in [1.82, 2.24) is 14.9 Å². The van der Waals surface area contributed by atoms with E-state index in [4.69, 9.17) is 4.74 Å². The van der Waals surface area contributed by atoms with Crippen molar-refractivity contribution in [2.45, 2.75) is 18.8 Å². The normalized spacial score (nSPS) is 15.6. The number of benzene rings is 1. The third-order valence-corrected chi connectivity index (χ3v) is 7.20. The van der Waals surface area contributed by atoms with E-state index in [1.54, 1.807) is 18.4 Å². The van der Waals surface area contributed by atoms with Crippen LogP contribution >= 0.6 is 35.3 Å². The molecule has 2 N–H and O–H groups in total. The van der Waals surface area contributed by atoms with Crippen LogP contribution in [-0.2, 0) is 33.6 Å². The van der Waals surface area contributed by atoms with Gasteiger partial charge in [-0.1, -0.05) is 30.3 Å². The Morgan fingerprint density at radius 3 is 2.45 bits per heavy atom. The highest BCUT2D eigenvalue weighted by atomic mass is 127. The van der Waals surface area contributed by atoms with E-state index in [2.05, 4.69) is 21.7 Å². The molecule has 1 aliphatic rings. The predicted octanol–water partition coefficient (Wildman–Crippen LogP) is 2.39. The van der Waals surface area contributed by atoms with Crippen LogP contribution in [0.25, 0.3) is 0 Å². The van der Waals surface area contributed by atoms with E-state index in [0.29, 0.717) is 45.4 Å². The SMILES string of the molecule is CN=C(NCc1cccs1)NCc1ccccc1CS(=O)(=O)N1CCOCC1.I. The lowest BCUT2D eigenvalue weighted by Gasteiger charge is -2.26. The van der Waals surface area contributed by atoms with Gasteiger partial charge in [-0.05, 0) is 22.6 Å². The molecule has 0 amide bonds. The Bertz CT molecular complexity index is 883. The summed E-state index contributed by atoms with van der Waals surface area (Å²) < 4.78 is 32.3. The van der Waals surface area contributed by atoms with Crippen molar-refractivity contribution in [3.63, 3.8) is 0 Å². The Hall–Kier alpha value is -1.21. The fraction of sp³-hybridized carbons (Fsp3) is 0.421. The zero-order valence-corrected chi connectivity index (χ0v) is 20.3. The van der Waals surface area contributed by atoms with Crippen LogP contribution < -0.4 is 10.6 Å². The summed E-state index contributed by atoms with van der Waals surface area (Å²) in [7, 11) is -1.64. The number of hydrogen-bond acceptors (Lipinski definition) is 5. The molecule has 7 nitrogen and oxygen atoms in total. The molecule has 1 aromatic heterocycles. The summed E-state index contributed by atoms with van der Waals surface area (Å²) in [5.74, 6) is 0.672. The monoisotopic (exact) mass is 550 g/mol. The Morgan fingerprint density at radius 2 is 1.79 bits per heavy atom. The van der Waals surface area contributed by atoms with Crippen LogP contribution in [0.4, 0.5) is 0 Å². The first-order chi connectivity index (χ1) is 13.6. The maximum atomic E-state index is 12.8. The largest absolute Gasteiger partial charge is 0.379 e. The number of aliphatic imine (C=N–C) groups is 1. The number of guanidine groups is 1. The third kappa shape index (κ3) is 7.21. The van der Waals surface area contributed by atoms with E-state index in [9.17, 15) is 8.42 Å². The molecule has 2 aromatic rings. The Kier molecular flexibility index (Phi) is 9.83. The van der Waals surface area contributed by atoms with E-state index >= 15 is 0 Å². The van der Waals surface area contributed by atoms with Crippen LogP contribution in [0.15, 0.2) is 46.8 Å². The number of thiophene rings is 1. The molecule has 10 heteroatoms. The fourth-order valence-corrected chi connectivity index (χ4v) is 5.17. The molecular weight excluding hydrogens is 523 g/mol. The van der Waals surface area contributed by atoms with Crippen molar-refractivity contribution >= 4 is 51.3 Å². The van der Waals surface area contributed by atoms with Gasteiger partial charge >= 0.3 is 0 Å². The molecule has 1 aromatic carbocycles. The van der Waals surface area contributed by atoms with Gasteiger partial charge in [0.05, 0.1) is 25.5 Å². The Morgan fingerprint density at radius 1 is 1.10 bits per heavy atom. The number of nitrogens with zero attached hydrogens (tertiary/aromatic N) is 2. The van der Waals surface area contributed by atoms with Gasteiger partial charge in [0.2, 0.25) is 10.0 Å². The summed E-state index contributed by atoms with van der Waals surface area (Å²) in [4.78, 5) is 5.46. The highest BCUT2D eigenvalue weighted by Gasteiger charge is 2.25. The minimum absolute atomic E-state index is 0. The van der Waals surface area contributed by atoms with Crippen molar-refractivity contribution in [3.05, 3.63) is 57.8 Å². The lowest BCUT2D eigenvalue weighted by Crippen LogP contribution is -2.41. The molecule has 3 rings (SSSR count). The van der Waals surface area contributed by atoms with Gasteiger partial charge in [-0.3, -0.25) is 4.99 Å². The van der Waals surface area contributed by atoms with Crippen molar-refractivity contribution in [2.75, 3.05) is 33.4 Å². The number of hydrogen-bond donors (Lipinski definition) is 2. The lowest BCUT2D eigenvalue weighted by molar-refractivity contribution is 0.0729. The van der Waals surface area contributed by atoms with Gasteiger partial charge in [0.1, 0.15) is 0 Å². The predicted molar refractivity (Wildman–Crippen MR) is 128 cm³/mol. The third-order valence-electron chi connectivity index (χ3n) is 4.50. The smallest absolute Gasteiger partial charge is 0.218 e. The second-order valence-electron chi connectivity index (χ2n) is 6.40. The van der Waals surface area contributed by atoms with Gasteiger partial charge in [0.15, 0.2) is 5.96 Å². The van der Waals surface area contributed by atoms with E-state index in [0.717, 1.165) is 11.1 Å². The second-order valence-corrected chi connectivity index (χ2v) is 9.40. The second kappa shape index (κ2) is 11.8. The van der Waals surface area contributed by atoms with Gasteiger partial charge in [0.25, 0.3) is 0 Å². The fourth-order valence-electron chi connectivity index (χ4n) is 2.97. The maximum Gasteiger partial charge on any atom is 0.218 e. The van der Waals surface area contributed by atoms with Crippen LogP contribution in [0.3, 0.4) is 0 Å². The summed E-state index contributed by atoms with van der Waals surface area (Å²) >= 11 is 1.69. The molecule has 29 heavy (non-hydrogen) atoms. The molecule has 160 valence electrons. The molecule has 1 aliphatic heterocycles. The van der Waals surface area contributed by atoms with E-state index in [-0.39, 0.29) is 29.7 Å². The maximum absolute atomic E-state index is 12.8. The van der Waals surface area contributed by atoms with Gasteiger partial charge in [0, 0.05) is 31.6 Å². The van der Waals surface area contributed by atoms with Crippen LogP contribution in [0.2, 0.25) is 0 Å². The molecule has 0 aliphatic carbocycles. The standard InChI is InChI=1S/C19H26N4O3S2.HI/c1-20-19(22-14-18-7-4-12-27-18)21-13-16-5-2-3-6-17(16)15-28(24,25)23-8-10-26-11-9-23;/h2-7,12H,8-11,13-15H2,1H3,(H2,20,21,22);1H. The zero-order chi connectivity index (χ0) is 19.8. The molecule has 0 atom stereocenters. The zero-order valence-electron chi connectivity index (χ0n) is 16.3. The molecule has 2 heterocycles. The van der Waals surface area contributed by atoms with Crippen LogP contribution in [0.1, 0.15) is 16.0 Å². The highest BCUT2D eigenvalue weighted by Crippen LogP contribution is 2.16. The van der Waals surface area contributed by atoms with E-state index in [1.165, 1.54) is 9.18 Å². The summed E-state index contributed by atoms with van der Waals surface area (Å²) in [5, 5.41) is 8.58. The van der Waals surface area contributed by atoms with Gasteiger partial charge < -0.3 is 15.4 Å². The molecule has 1 saturated heterocycles. The summed E-state index contributed by atoms with van der Waals surface area (Å²) in [6, 6.07) is 11.7. The number of morpholine rings is 1. The summed E-state index contributed by atoms with van der Waals surface area (Å²) in [5.41, 5.74) is 1.74. The quantitative estimate of drug-likeness (QED) is 0.315. The van der Waals surface area contributed by atoms with Crippen molar-refractivity contribution in [3.8, 4) is 0 Å². The number of nitrogens with one attached hydrogen (secondary N) is 2. The Labute approximate surface area is 193 Å². The number of halogens is 1. The summed E-state index contributed by atoms with van der Waals surface area (Å²) in [6.07, 6.45) is 0. The van der Waals surface area contributed by atoms with Gasteiger partial charge in [-0.2, -0.15) is 4.31 Å². The number of ether oxygens (including phenoxy) is 1. The average Bonchev–Trinajstić information content (AvgIpc) is 3.23. The molecule has 0 saturated carbocycles. The van der Waals surface area contributed by atoms with E-state index in [1.807, 2.05) is 35.7 Å². The summed E-state index contributed by atoms with van der Waals surface area (Å²) in [6.45, 7) is 2.94.